The van der Waals surface area contributed by atoms with Gasteiger partial charge in [-0.05, 0) is 37.0 Å². The fourth-order valence-corrected chi connectivity index (χ4v) is 2.41. The van der Waals surface area contributed by atoms with Crippen molar-refractivity contribution in [2.45, 2.75) is 38.3 Å². The van der Waals surface area contributed by atoms with E-state index in [1.165, 1.54) is 0 Å². The van der Waals surface area contributed by atoms with Crippen LogP contribution in [-0.2, 0) is 9.53 Å². The van der Waals surface area contributed by atoms with Crippen molar-refractivity contribution in [3.05, 3.63) is 29.8 Å². The van der Waals surface area contributed by atoms with Crippen LogP contribution < -0.4 is 15.8 Å². The number of ether oxygens (including phenoxy) is 2. The van der Waals surface area contributed by atoms with E-state index < -0.39 is 6.04 Å². The molecule has 1 heterocycles. The van der Waals surface area contributed by atoms with Gasteiger partial charge in [-0.2, -0.15) is 0 Å². The maximum absolute atomic E-state index is 11.6. The van der Waals surface area contributed by atoms with Crippen LogP contribution in [0.4, 0.5) is 0 Å². The molecule has 2 rings (SSSR count). The Kier molecular flexibility index (Phi) is 6.02. The molecule has 1 saturated heterocycles. The molecule has 1 aromatic carbocycles. The highest BCUT2D eigenvalue weighted by molar-refractivity contribution is 5.81. The van der Waals surface area contributed by atoms with Gasteiger partial charge in [0.1, 0.15) is 11.8 Å². The maximum atomic E-state index is 11.6. The van der Waals surface area contributed by atoms with Crippen molar-refractivity contribution >= 4 is 5.91 Å². The first kappa shape index (κ1) is 15.8. The third-order valence-electron chi connectivity index (χ3n) is 3.54. The van der Waals surface area contributed by atoms with Crippen molar-refractivity contribution in [3.8, 4) is 5.75 Å². The molecule has 116 valence electrons. The predicted molar refractivity (Wildman–Crippen MR) is 81.1 cm³/mol. The van der Waals surface area contributed by atoms with Gasteiger partial charge in [0.25, 0.3) is 0 Å². The van der Waals surface area contributed by atoms with E-state index in [1.54, 1.807) is 0 Å². The van der Waals surface area contributed by atoms with Gasteiger partial charge in [-0.15, -0.1) is 0 Å². The fraction of sp³-hybridized carbons (Fsp3) is 0.562. The molecular formula is C16H24N2O3. The number of hydrogen-bond donors (Lipinski definition) is 2. The zero-order valence-electron chi connectivity index (χ0n) is 12.5. The average Bonchev–Trinajstić information content (AvgIpc) is 2.99. The van der Waals surface area contributed by atoms with E-state index in [0.29, 0.717) is 13.2 Å². The first-order valence-electron chi connectivity index (χ1n) is 7.57. The highest BCUT2D eigenvalue weighted by Gasteiger charge is 2.21. The molecule has 3 N–H and O–H groups in total. The lowest BCUT2D eigenvalue weighted by molar-refractivity contribution is -0.120. The largest absolute Gasteiger partial charge is 0.494 e. The van der Waals surface area contributed by atoms with Crippen LogP contribution in [0.1, 0.15) is 37.8 Å². The number of amides is 1. The predicted octanol–water partition coefficient (Wildman–Crippen LogP) is 1.77. The summed E-state index contributed by atoms with van der Waals surface area (Å²) in [4.78, 5) is 11.6. The van der Waals surface area contributed by atoms with E-state index in [-0.39, 0.29) is 12.0 Å². The molecule has 2 unspecified atom stereocenters. The van der Waals surface area contributed by atoms with Gasteiger partial charge in [-0.1, -0.05) is 19.1 Å². The van der Waals surface area contributed by atoms with E-state index in [2.05, 4.69) is 12.2 Å². The summed E-state index contributed by atoms with van der Waals surface area (Å²) in [5.41, 5.74) is 6.35. The van der Waals surface area contributed by atoms with Gasteiger partial charge in [-0.3, -0.25) is 10.1 Å². The molecule has 0 saturated carbocycles. The van der Waals surface area contributed by atoms with Crippen LogP contribution in [0, 0.1) is 0 Å². The molecular weight excluding hydrogens is 268 g/mol. The summed E-state index contributed by atoms with van der Waals surface area (Å²) in [6, 6.07) is 7.00. The minimum Gasteiger partial charge on any atom is -0.494 e. The monoisotopic (exact) mass is 292 g/mol. The van der Waals surface area contributed by atoms with Crippen LogP contribution in [0.15, 0.2) is 24.3 Å². The molecule has 21 heavy (non-hydrogen) atoms. The van der Waals surface area contributed by atoms with Crippen LogP contribution in [0.3, 0.4) is 0 Å². The lowest BCUT2D eigenvalue weighted by atomic mass is 10.1. The zero-order chi connectivity index (χ0) is 15.1. The molecule has 2 atom stereocenters. The topological polar surface area (TPSA) is 73.6 Å². The minimum absolute atomic E-state index is 0.180. The van der Waals surface area contributed by atoms with E-state index in [1.807, 2.05) is 24.3 Å². The zero-order valence-corrected chi connectivity index (χ0v) is 12.5. The number of carbonyl (C=O) groups is 1. The molecule has 1 aliphatic heterocycles. The first-order valence-corrected chi connectivity index (χ1v) is 7.57. The van der Waals surface area contributed by atoms with Gasteiger partial charge in [0.2, 0.25) is 5.91 Å². The summed E-state index contributed by atoms with van der Waals surface area (Å²) >= 11 is 0. The maximum Gasteiger partial charge on any atom is 0.239 e. The summed E-state index contributed by atoms with van der Waals surface area (Å²) < 4.78 is 11.1. The minimum atomic E-state index is -0.491. The standard InChI is InChI=1S/C16H24N2O3/c1-2-9-20-13-7-5-12(6-8-13)15(16(17)19)18-11-14-4-3-10-21-14/h5-8,14-15,18H,2-4,9-11H2,1H3,(H2,17,19). The lowest BCUT2D eigenvalue weighted by Crippen LogP contribution is -2.37. The van der Waals surface area contributed by atoms with Crippen LogP contribution in [-0.4, -0.2) is 31.8 Å². The lowest BCUT2D eigenvalue weighted by Gasteiger charge is -2.18. The summed E-state index contributed by atoms with van der Waals surface area (Å²) in [7, 11) is 0. The third kappa shape index (κ3) is 4.72. The molecule has 0 aliphatic carbocycles. The molecule has 0 aromatic heterocycles. The third-order valence-corrected chi connectivity index (χ3v) is 3.54. The summed E-state index contributed by atoms with van der Waals surface area (Å²) in [5.74, 6) is 0.429. The fourth-order valence-electron chi connectivity index (χ4n) is 2.41. The number of nitrogens with two attached hydrogens (primary N) is 1. The summed E-state index contributed by atoms with van der Waals surface area (Å²) in [6.45, 7) is 4.20. The summed E-state index contributed by atoms with van der Waals surface area (Å²) in [5, 5.41) is 3.20. The Labute approximate surface area is 125 Å². The SMILES string of the molecule is CCCOc1ccc(C(NCC2CCCO2)C(N)=O)cc1. The smallest absolute Gasteiger partial charge is 0.239 e. The van der Waals surface area contributed by atoms with Crippen molar-refractivity contribution in [1.82, 2.24) is 5.32 Å². The molecule has 5 nitrogen and oxygen atoms in total. The Balaban J connectivity index is 1.94. The van der Waals surface area contributed by atoms with Crippen LogP contribution in [0.2, 0.25) is 0 Å². The number of carbonyl (C=O) groups excluding carboxylic acids is 1. The second-order valence-electron chi connectivity index (χ2n) is 5.30. The number of benzene rings is 1. The molecule has 0 radical (unpaired) electrons. The second-order valence-corrected chi connectivity index (χ2v) is 5.30. The number of primary amides is 1. The first-order chi connectivity index (χ1) is 10.2. The van der Waals surface area contributed by atoms with Crippen molar-refractivity contribution in [2.75, 3.05) is 19.8 Å². The van der Waals surface area contributed by atoms with Crippen LogP contribution in [0.25, 0.3) is 0 Å². The van der Waals surface area contributed by atoms with Crippen LogP contribution in [0.5, 0.6) is 5.75 Å². The van der Waals surface area contributed by atoms with E-state index in [4.69, 9.17) is 15.2 Å². The van der Waals surface area contributed by atoms with Gasteiger partial charge in [-0.25, -0.2) is 0 Å². The normalized spacial score (nSPS) is 19.4. The molecule has 1 amide bonds. The Morgan fingerprint density at radius 1 is 1.48 bits per heavy atom. The van der Waals surface area contributed by atoms with Gasteiger partial charge >= 0.3 is 0 Å². The Morgan fingerprint density at radius 3 is 2.81 bits per heavy atom. The molecule has 1 fully saturated rings. The van der Waals surface area contributed by atoms with E-state index in [0.717, 1.165) is 37.2 Å². The molecule has 5 heteroatoms. The second kappa shape index (κ2) is 8.00. The van der Waals surface area contributed by atoms with Crippen LogP contribution >= 0.6 is 0 Å². The highest BCUT2D eigenvalue weighted by Crippen LogP contribution is 2.19. The van der Waals surface area contributed by atoms with E-state index >= 15 is 0 Å². The molecule has 1 aliphatic rings. The van der Waals surface area contributed by atoms with Crippen molar-refractivity contribution in [2.24, 2.45) is 5.73 Å². The van der Waals surface area contributed by atoms with Gasteiger partial charge in [0.05, 0.1) is 12.7 Å². The quantitative estimate of drug-likeness (QED) is 0.766. The Hall–Kier alpha value is -1.59. The highest BCUT2D eigenvalue weighted by atomic mass is 16.5. The van der Waals surface area contributed by atoms with Crippen molar-refractivity contribution in [3.63, 3.8) is 0 Å². The number of hydrogen-bond acceptors (Lipinski definition) is 4. The molecule has 0 spiro atoms. The van der Waals surface area contributed by atoms with Crippen molar-refractivity contribution < 1.29 is 14.3 Å². The Morgan fingerprint density at radius 2 is 2.24 bits per heavy atom. The molecule has 0 bridgehead atoms. The number of rotatable bonds is 8. The summed E-state index contributed by atoms with van der Waals surface area (Å²) in [6.07, 6.45) is 3.26. The Bertz CT molecular complexity index is 441. The van der Waals surface area contributed by atoms with Gasteiger partial charge in [0.15, 0.2) is 0 Å². The van der Waals surface area contributed by atoms with E-state index in [9.17, 15) is 4.79 Å². The average molecular weight is 292 g/mol. The number of nitrogens with one attached hydrogen (secondary N) is 1. The van der Waals surface area contributed by atoms with Crippen molar-refractivity contribution in [1.29, 1.82) is 0 Å². The van der Waals surface area contributed by atoms with Gasteiger partial charge < -0.3 is 15.2 Å². The molecule has 1 aromatic rings. The van der Waals surface area contributed by atoms with Gasteiger partial charge in [0, 0.05) is 13.2 Å².